The van der Waals surface area contributed by atoms with Gasteiger partial charge < -0.3 is 4.90 Å². The fourth-order valence-corrected chi connectivity index (χ4v) is 5.22. The van der Waals surface area contributed by atoms with E-state index in [1.165, 1.54) is 22.9 Å². The summed E-state index contributed by atoms with van der Waals surface area (Å²) in [6.45, 7) is 5.06. The van der Waals surface area contributed by atoms with Gasteiger partial charge >= 0.3 is 0 Å². The van der Waals surface area contributed by atoms with E-state index >= 15 is 0 Å². The van der Waals surface area contributed by atoms with Crippen LogP contribution in [0.2, 0.25) is 0 Å². The summed E-state index contributed by atoms with van der Waals surface area (Å²) in [5.41, 5.74) is 5.12. The summed E-state index contributed by atoms with van der Waals surface area (Å²) in [5.74, 6) is 0.675. The predicted octanol–water partition coefficient (Wildman–Crippen LogP) is 4.46. The number of fused-ring (bicyclic) bond motifs is 3. The number of benzene rings is 3. The number of thioether (sulfide) groups is 1. The molecule has 36 heavy (non-hydrogen) atoms. The number of hydrogen-bond acceptors (Lipinski definition) is 5. The molecule has 8 heteroatoms. The van der Waals surface area contributed by atoms with Crippen LogP contribution < -0.4 is 5.56 Å². The van der Waals surface area contributed by atoms with Crippen LogP contribution in [0.4, 0.5) is 0 Å². The lowest BCUT2D eigenvalue weighted by Gasteiger charge is -2.18. The van der Waals surface area contributed by atoms with E-state index in [4.69, 9.17) is 0 Å². The van der Waals surface area contributed by atoms with E-state index in [1.807, 2.05) is 66.0 Å². The lowest BCUT2D eigenvalue weighted by molar-refractivity contribution is -0.127. The van der Waals surface area contributed by atoms with E-state index in [0.717, 1.165) is 16.6 Å². The second kappa shape index (κ2) is 9.99. The van der Waals surface area contributed by atoms with Crippen LogP contribution in [0, 0.1) is 13.8 Å². The molecule has 0 aliphatic carbocycles. The molecule has 0 unspecified atom stereocenters. The Morgan fingerprint density at radius 1 is 0.972 bits per heavy atom. The number of nitrogens with zero attached hydrogens (tertiary/aromatic N) is 5. The lowest BCUT2D eigenvalue weighted by Crippen LogP contribution is -2.28. The third-order valence-corrected chi connectivity index (χ3v) is 7.23. The van der Waals surface area contributed by atoms with Crippen molar-refractivity contribution >= 4 is 34.3 Å². The molecule has 0 atom stereocenters. The molecule has 2 heterocycles. The van der Waals surface area contributed by atoms with Crippen LogP contribution in [0.25, 0.3) is 16.7 Å². The second-order valence-electron chi connectivity index (χ2n) is 8.98. The molecule has 0 bridgehead atoms. The molecule has 182 valence electrons. The summed E-state index contributed by atoms with van der Waals surface area (Å²) in [6, 6.07) is 23.5. The fraction of sp³-hybridized carbons (Fsp3) is 0.214. The molecule has 0 radical (unpaired) electrons. The number of rotatable bonds is 7. The number of aromatic nitrogens is 4. The van der Waals surface area contributed by atoms with Gasteiger partial charge in [0.2, 0.25) is 11.7 Å². The summed E-state index contributed by atoms with van der Waals surface area (Å²) in [7, 11) is 1.82. The zero-order valence-electron chi connectivity index (χ0n) is 20.5. The van der Waals surface area contributed by atoms with Crippen LogP contribution in [0.5, 0.6) is 0 Å². The number of para-hydroxylation sites is 1. The van der Waals surface area contributed by atoms with E-state index < -0.39 is 0 Å². The first-order chi connectivity index (χ1) is 17.4. The first-order valence-corrected chi connectivity index (χ1v) is 12.7. The smallest absolute Gasteiger partial charge is 0.263 e. The maximum absolute atomic E-state index is 13.3. The fourth-order valence-electron chi connectivity index (χ4n) is 4.34. The zero-order chi connectivity index (χ0) is 25.2. The average molecular weight is 498 g/mol. The Hall–Kier alpha value is -3.91. The van der Waals surface area contributed by atoms with Crippen molar-refractivity contribution in [3.63, 3.8) is 0 Å². The van der Waals surface area contributed by atoms with E-state index in [1.54, 1.807) is 9.47 Å². The molecule has 3 aromatic carbocycles. The van der Waals surface area contributed by atoms with Crippen molar-refractivity contribution in [1.29, 1.82) is 0 Å². The van der Waals surface area contributed by atoms with E-state index in [-0.39, 0.29) is 17.2 Å². The van der Waals surface area contributed by atoms with Crippen molar-refractivity contribution in [2.24, 2.45) is 0 Å². The quantitative estimate of drug-likeness (QED) is 0.311. The normalized spacial score (nSPS) is 11.3. The summed E-state index contributed by atoms with van der Waals surface area (Å²) in [5, 5.41) is 9.90. The molecule has 0 aliphatic rings. The Morgan fingerprint density at radius 2 is 1.72 bits per heavy atom. The molecular weight excluding hydrogens is 470 g/mol. The molecule has 0 fully saturated rings. The maximum atomic E-state index is 13.3. The molecule has 0 saturated heterocycles. The molecule has 1 amide bonds. The minimum atomic E-state index is -0.116. The van der Waals surface area contributed by atoms with Gasteiger partial charge in [-0.15, -0.1) is 10.2 Å². The van der Waals surface area contributed by atoms with Gasteiger partial charge in [0, 0.05) is 13.6 Å². The highest BCUT2D eigenvalue weighted by Gasteiger charge is 2.19. The molecule has 5 rings (SSSR count). The monoisotopic (exact) mass is 497 g/mol. The first kappa shape index (κ1) is 23.8. The van der Waals surface area contributed by atoms with E-state index in [2.05, 4.69) is 42.2 Å². The Kier molecular flexibility index (Phi) is 6.61. The van der Waals surface area contributed by atoms with Crippen LogP contribution >= 0.6 is 11.8 Å². The molecule has 5 aromatic rings. The van der Waals surface area contributed by atoms with Crippen molar-refractivity contribution in [1.82, 2.24) is 24.1 Å². The zero-order valence-corrected chi connectivity index (χ0v) is 21.3. The van der Waals surface area contributed by atoms with Crippen molar-refractivity contribution in [2.75, 3.05) is 12.8 Å². The molecule has 2 aromatic heterocycles. The van der Waals surface area contributed by atoms with Crippen LogP contribution in [0.15, 0.2) is 82.7 Å². The number of amides is 1. The molecule has 0 aliphatic heterocycles. The third-order valence-electron chi connectivity index (χ3n) is 6.32. The Balaban J connectivity index is 1.44. The lowest BCUT2D eigenvalue weighted by atomic mass is 10.1. The predicted molar refractivity (Wildman–Crippen MR) is 143 cm³/mol. The maximum Gasteiger partial charge on any atom is 0.263 e. The Bertz CT molecular complexity index is 1620. The number of carbonyl (C=O) groups is 1. The average Bonchev–Trinajstić information content (AvgIpc) is 3.31. The standard InChI is InChI=1S/C28H27N5O2S/c1-19-13-14-22(20(2)15-19)17-31(3)25(34)18-36-28-30-29-27-32(16-21-9-5-4-6-10-21)26(35)23-11-7-8-12-24(23)33(27)28/h4-15H,16-18H2,1-3H3. The van der Waals surface area contributed by atoms with Gasteiger partial charge in [-0.2, -0.15) is 0 Å². The number of carbonyl (C=O) groups excluding carboxylic acids is 1. The van der Waals surface area contributed by atoms with Crippen molar-refractivity contribution < 1.29 is 4.79 Å². The third kappa shape index (κ3) is 4.64. The van der Waals surface area contributed by atoms with Gasteiger partial charge in [-0.05, 0) is 42.7 Å². The van der Waals surface area contributed by atoms with Gasteiger partial charge in [0.15, 0.2) is 5.16 Å². The Morgan fingerprint density at radius 3 is 2.50 bits per heavy atom. The summed E-state index contributed by atoms with van der Waals surface area (Å²) >= 11 is 1.33. The van der Waals surface area contributed by atoms with E-state index in [9.17, 15) is 9.59 Å². The number of hydrogen-bond donors (Lipinski definition) is 0. The van der Waals surface area contributed by atoms with E-state index in [0.29, 0.717) is 29.4 Å². The van der Waals surface area contributed by atoms with Gasteiger partial charge in [-0.3, -0.25) is 18.6 Å². The highest BCUT2D eigenvalue weighted by Crippen LogP contribution is 2.23. The SMILES string of the molecule is Cc1ccc(CN(C)C(=O)CSc2nnc3n(Cc4ccccc4)c(=O)c4ccccc4n23)c(C)c1. The second-order valence-corrected chi connectivity index (χ2v) is 9.92. The van der Waals surface area contributed by atoms with Gasteiger partial charge in [0.1, 0.15) is 0 Å². The largest absolute Gasteiger partial charge is 0.341 e. The summed E-state index contributed by atoms with van der Waals surface area (Å²) < 4.78 is 3.52. The van der Waals surface area contributed by atoms with Gasteiger partial charge in [-0.1, -0.05) is 78.0 Å². The van der Waals surface area contributed by atoms with Crippen molar-refractivity contribution in [3.8, 4) is 0 Å². The van der Waals surface area contributed by atoms with Crippen LogP contribution in [0.3, 0.4) is 0 Å². The summed E-state index contributed by atoms with van der Waals surface area (Å²) in [6.07, 6.45) is 0. The summed E-state index contributed by atoms with van der Waals surface area (Å²) in [4.78, 5) is 28.1. The first-order valence-electron chi connectivity index (χ1n) is 11.8. The van der Waals surface area contributed by atoms with Gasteiger partial charge in [0.05, 0.1) is 23.2 Å². The van der Waals surface area contributed by atoms with Crippen LogP contribution in [0.1, 0.15) is 22.3 Å². The minimum Gasteiger partial charge on any atom is -0.341 e. The highest BCUT2D eigenvalue weighted by atomic mass is 32.2. The van der Waals surface area contributed by atoms with Crippen molar-refractivity contribution in [2.45, 2.75) is 32.1 Å². The highest BCUT2D eigenvalue weighted by molar-refractivity contribution is 7.99. The molecule has 0 saturated carbocycles. The van der Waals surface area contributed by atoms with Crippen LogP contribution in [-0.4, -0.2) is 42.8 Å². The topological polar surface area (TPSA) is 72.5 Å². The molecule has 7 nitrogen and oxygen atoms in total. The van der Waals surface area contributed by atoms with Gasteiger partial charge in [-0.25, -0.2) is 0 Å². The minimum absolute atomic E-state index is 0.00126. The van der Waals surface area contributed by atoms with Crippen LogP contribution in [-0.2, 0) is 17.9 Å². The molecular formula is C28H27N5O2S. The van der Waals surface area contributed by atoms with Gasteiger partial charge in [0.25, 0.3) is 5.56 Å². The molecule has 0 spiro atoms. The molecule has 0 N–H and O–H groups in total. The van der Waals surface area contributed by atoms with Crippen molar-refractivity contribution in [3.05, 3.63) is 105 Å². The Labute approximate surface area is 213 Å². The number of aryl methyl sites for hydroxylation is 2.